The molecule has 0 bridgehead atoms. The summed E-state index contributed by atoms with van der Waals surface area (Å²) in [5, 5.41) is 10.5. The van der Waals surface area contributed by atoms with Crippen LogP contribution < -0.4 is 4.72 Å². The largest absolute Gasteiger partial charge is 0.480 e. The van der Waals surface area contributed by atoms with E-state index in [1.807, 2.05) is 45.0 Å². The number of hydrogen-bond donors (Lipinski definition) is 2. The molecule has 1 aromatic heterocycles. The van der Waals surface area contributed by atoms with Crippen molar-refractivity contribution in [1.29, 1.82) is 0 Å². The van der Waals surface area contributed by atoms with Crippen molar-refractivity contribution >= 4 is 54.9 Å². The fraction of sp³-hybridized carbons (Fsp3) is 0.250. The zero-order valence-corrected chi connectivity index (χ0v) is 21.1. The standard InChI is InChI=1S/C22H20N2O4S3.C2H6/c1-14-23-18-12-16(7-9-20(18)30-14)17-8-10-21(29-13-17)31(27,28)24-19(22(25)26)11-15-5-3-2-4-6-15;1-2/h2-10,12,19,24H,11,13H2,1H3,(H,25,26);1-2H3. The molecule has 0 fully saturated rings. The van der Waals surface area contributed by atoms with Crippen molar-refractivity contribution in [3.05, 3.63) is 81.1 Å². The lowest BCUT2D eigenvalue weighted by molar-refractivity contribution is -0.138. The molecule has 0 saturated carbocycles. The van der Waals surface area contributed by atoms with Crippen LogP contribution in [-0.2, 0) is 21.2 Å². The van der Waals surface area contributed by atoms with Gasteiger partial charge in [0.05, 0.1) is 15.2 Å². The van der Waals surface area contributed by atoms with Crippen LogP contribution in [0.15, 0.2) is 64.9 Å². The van der Waals surface area contributed by atoms with Gasteiger partial charge >= 0.3 is 5.97 Å². The Bertz CT molecular complexity index is 1300. The van der Waals surface area contributed by atoms with Crippen molar-refractivity contribution in [1.82, 2.24) is 9.71 Å². The highest BCUT2D eigenvalue weighted by molar-refractivity contribution is 8.18. The molecular formula is C24H26N2O4S3. The summed E-state index contributed by atoms with van der Waals surface area (Å²) >= 11 is 2.81. The number of aryl methyl sites for hydroxylation is 1. The molecule has 3 aromatic rings. The monoisotopic (exact) mass is 502 g/mol. The number of thiazole rings is 1. The number of carboxylic acids is 1. The van der Waals surface area contributed by atoms with Gasteiger partial charge in [0, 0.05) is 5.75 Å². The SMILES string of the molecule is CC.Cc1nc2cc(C3=CC=C(S(=O)(=O)NC(Cc4ccccc4)C(=O)O)SC3)ccc2s1. The molecule has 9 heteroatoms. The number of carbonyl (C=O) groups is 1. The van der Waals surface area contributed by atoms with Crippen LogP contribution in [0.2, 0.25) is 0 Å². The summed E-state index contributed by atoms with van der Waals surface area (Å²) in [5.41, 5.74) is 3.67. The van der Waals surface area contributed by atoms with Gasteiger partial charge in [-0.3, -0.25) is 4.79 Å². The first-order valence-electron chi connectivity index (χ1n) is 10.5. The third-order valence-electron chi connectivity index (χ3n) is 4.80. The van der Waals surface area contributed by atoms with Crippen LogP contribution in [0, 0.1) is 6.92 Å². The lowest BCUT2D eigenvalue weighted by atomic mass is 10.1. The Balaban J connectivity index is 0.00000149. The molecule has 1 aliphatic heterocycles. The molecular weight excluding hydrogens is 476 g/mol. The van der Waals surface area contributed by atoms with Crippen LogP contribution in [0.1, 0.15) is 30.0 Å². The first-order chi connectivity index (χ1) is 15.8. The van der Waals surface area contributed by atoms with Crippen LogP contribution in [0.25, 0.3) is 15.8 Å². The van der Waals surface area contributed by atoms with Crippen LogP contribution in [0.5, 0.6) is 0 Å². The third kappa shape index (κ3) is 6.32. The van der Waals surface area contributed by atoms with Crippen molar-refractivity contribution in [2.24, 2.45) is 0 Å². The predicted octanol–water partition coefficient (Wildman–Crippen LogP) is 5.22. The van der Waals surface area contributed by atoms with E-state index in [9.17, 15) is 18.3 Å². The Morgan fingerprint density at radius 1 is 1.15 bits per heavy atom. The summed E-state index contributed by atoms with van der Waals surface area (Å²) in [7, 11) is -3.95. The highest BCUT2D eigenvalue weighted by Gasteiger charge is 2.28. The summed E-state index contributed by atoms with van der Waals surface area (Å²) < 4.78 is 29.2. The van der Waals surface area contributed by atoms with Gasteiger partial charge in [0.2, 0.25) is 10.0 Å². The van der Waals surface area contributed by atoms with E-state index in [4.69, 9.17) is 0 Å². The molecule has 0 spiro atoms. The maximum Gasteiger partial charge on any atom is 0.322 e. The number of nitrogens with zero attached hydrogens (tertiary/aromatic N) is 1. The summed E-state index contributed by atoms with van der Waals surface area (Å²) in [4.78, 5) is 16.2. The fourth-order valence-corrected chi connectivity index (χ4v) is 6.67. The van der Waals surface area contributed by atoms with Crippen LogP contribution >= 0.6 is 23.1 Å². The molecule has 4 rings (SSSR count). The van der Waals surface area contributed by atoms with Crippen molar-refractivity contribution in [2.45, 2.75) is 33.2 Å². The lowest BCUT2D eigenvalue weighted by Gasteiger charge is -2.19. The molecule has 0 saturated heterocycles. The number of allylic oxidation sites excluding steroid dienone is 2. The molecule has 0 radical (unpaired) electrons. The molecule has 1 atom stereocenters. The average molecular weight is 503 g/mol. The topological polar surface area (TPSA) is 96.4 Å². The van der Waals surface area contributed by atoms with Crippen LogP contribution in [0.3, 0.4) is 0 Å². The van der Waals surface area contributed by atoms with E-state index in [0.29, 0.717) is 5.75 Å². The van der Waals surface area contributed by atoms with Crippen LogP contribution in [0.4, 0.5) is 0 Å². The van der Waals surface area contributed by atoms with Gasteiger partial charge < -0.3 is 5.11 Å². The first kappa shape index (κ1) is 25.2. The van der Waals surface area contributed by atoms with E-state index in [0.717, 1.165) is 31.9 Å². The Kier molecular flexibility index (Phi) is 8.47. The number of thioether (sulfide) groups is 1. The van der Waals surface area contributed by atoms with Gasteiger partial charge in [0.1, 0.15) is 10.3 Å². The summed E-state index contributed by atoms with van der Waals surface area (Å²) in [6, 6.07) is 13.8. The zero-order chi connectivity index (χ0) is 24.0. The van der Waals surface area contributed by atoms with Gasteiger partial charge in [-0.05, 0) is 48.3 Å². The van der Waals surface area contributed by atoms with E-state index in [-0.39, 0.29) is 10.7 Å². The number of rotatable bonds is 7. The molecule has 174 valence electrons. The van der Waals surface area contributed by atoms with E-state index in [2.05, 4.69) is 9.71 Å². The van der Waals surface area contributed by atoms with Crippen molar-refractivity contribution in [2.75, 3.05) is 5.75 Å². The number of aromatic nitrogens is 1. The van der Waals surface area contributed by atoms with Crippen LogP contribution in [-0.4, -0.2) is 36.3 Å². The Morgan fingerprint density at radius 3 is 2.52 bits per heavy atom. The normalized spacial score (nSPS) is 14.6. The van der Waals surface area contributed by atoms with E-state index >= 15 is 0 Å². The lowest BCUT2D eigenvalue weighted by Crippen LogP contribution is -2.42. The van der Waals surface area contributed by atoms with Crippen molar-refractivity contribution < 1.29 is 18.3 Å². The molecule has 2 heterocycles. The maximum atomic E-state index is 12.8. The van der Waals surface area contributed by atoms with E-state index in [1.54, 1.807) is 41.7 Å². The molecule has 1 unspecified atom stereocenters. The van der Waals surface area contributed by atoms with E-state index in [1.165, 1.54) is 17.8 Å². The van der Waals surface area contributed by atoms with Gasteiger partial charge in [-0.2, -0.15) is 4.72 Å². The summed E-state index contributed by atoms with van der Waals surface area (Å²) in [6.07, 6.45) is 3.38. The number of sulfonamides is 1. The number of fused-ring (bicyclic) bond motifs is 1. The minimum Gasteiger partial charge on any atom is -0.480 e. The van der Waals surface area contributed by atoms with Gasteiger partial charge in [0.25, 0.3) is 0 Å². The second-order valence-corrected chi connectivity index (χ2v) is 11.3. The molecule has 2 aromatic carbocycles. The second kappa shape index (κ2) is 11.1. The average Bonchev–Trinajstić information content (AvgIpc) is 3.20. The predicted molar refractivity (Wildman–Crippen MR) is 138 cm³/mol. The number of carboxylic acid groups (broad SMARTS) is 1. The van der Waals surface area contributed by atoms with Gasteiger partial charge in [-0.15, -0.1) is 23.1 Å². The van der Waals surface area contributed by atoms with Gasteiger partial charge in [-0.25, -0.2) is 13.4 Å². The Morgan fingerprint density at radius 2 is 1.88 bits per heavy atom. The number of benzene rings is 2. The highest BCUT2D eigenvalue weighted by atomic mass is 32.3. The first-order valence-corrected chi connectivity index (χ1v) is 13.8. The van der Waals surface area contributed by atoms with Gasteiger partial charge in [-0.1, -0.05) is 56.3 Å². The molecule has 2 N–H and O–H groups in total. The van der Waals surface area contributed by atoms with Crippen molar-refractivity contribution in [3.63, 3.8) is 0 Å². The quantitative estimate of drug-likeness (QED) is 0.460. The molecule has 33 heavy (non-hydrogen) atoms. The van der Waals surface area contributed by atoms with E-state index < -0.39 is 22.0 Å². The zero-order valence-electron chi connectivity index (χ0n) is 18.6. The molecule has 0 amide bonds. The number of nitrogens with one attached hydrogen (secondary N) is 1. The maximum absolute atomic E-state index is 12.8. The van der Waals surface area contributed by atoms with Gasteiger partial charge in [0.15, 0.2) is 0 Å². The fourth-order valence-electron chi connectivity index (χ4n) is 3.28. The third-order valence-corrected chi connectivity index (χ3v) is 8.90. The Hall–Kier alpha value is -2.46. The summed E-state index contributed by atoms with van der Waals surface area (Å²) in [5.74, 6) is -0.741. The Labute approximate surface area is 202 Å². The second-order valence-electron chi connectivity index (χ2n) is 7.08. The summed E-state index contributed by atoms with van der Waals surface area (Å²) in [6.45, 7) is 5.97. The van der Waals surface area contributed by atoms with Crippen molar-refractivity contribution in [3.8, 4) is 0 Å². The smallest absolute Gasteiger partial charge is 0.322 e. The molecule has 6 nitrogen and oxygen atoms in total. The number of hydrogen-bond acceptors (Lipinski definition) is 6. The molecule has 0 aliphatic carbocycles. The minimum absolute atomic E-state index is 0.0709. The highest BCUT2D eigenvalue weighted by Crippen LogP contribution is 2.34. The molecule has 1 aliphatic rings. The number of aliphatic carboxylic acids is 1. The minimum atomic E-state index is -3.95.